The Morgan fingerprint density at radius 2 is 1.69 bits per heavy atom. The number of aryl methyl sites for hydroxylation is 1. The summed E-state index contributed by atoms with van der Waals surface area (Å²) < 4.78 is 12.7. The van der Waals surface area contributed by atoms with Crippen molar-refractivity contribution in [3.05, 3.63) is 42.0 Å². The van der Waals surface area contributed by atoms with Gasteiger partial charge in [0.25, 0.3) is 0 Å². The number of rotatable bonds is 6. The van der Waals surface area contributed by atoms with E-state index in [9.17, 15) is 9.59 Å². The number of ether oxygens (including phenoxy) is 2. The van der Waals surface area contributed by atoms with Gasteiger partial charge in [0.05, 0.1) is 14.2 Å². The quantitative estimate of drug-likeness (QED) is 0.744. The Kier molecular flexibility index (Phi) is 7.11. The van der Waals surface area contributed by atoms with Gasteiger partial charge in [-0.2, -0.15) is 0 Å². The predicted octanol–water partition coefficient (Wildman–Crippen LogP) is 2.93. The molecule has 0 saturated carbocycles. The fourth-order valence-electron chi connectivity index (χ4n) is 4.03. The molecule has 1 saturated heterocycles. The minimum absolute atomic E-state index is 0.0392. The third kappa shape index (κ3) is 5.23. The first-order valence-corrected chi connectivity index (χ1v) is 10.9. The molecule has 0 spiro atoms. The van der Waals surface area contributed by atoms with E-state index < -0.39 is 11.5 Å². The lowest BCUT2D eigenvalue weighted by molar-refractivity contribution is -0.142. The number of aromatic nitrogens is 2. The van der Waals surface area contributed by atoms with E-state index in [1.807, 2.05) is 55.6 Å². The highest BCUT2D eigenvalue weighted by atomic mass is 16.5. The van der Waals surface area contributed by atoms with Crippen molar-refractivity contribution in [1.82, 2.24) is 19.8 Å². The zero-order valence-corrected chi connectivity index (χ0v) is 19.8. The summed E-state index contributed by atoms with van der Waals surface area (Å²) in [5.41, 5.74) is 0.410. The van der Waals surface area contributed by atoms with Gasteiger partial charge in [0.15, 0.2) is 0 Å². The summed E-state index contributed by atoms with van der Waals surface area (Å²) in [5.74, 6) is 1.93. The van der Waals surface area contributed by atoms with Gasteiger partial charge in [0.2, 0.25) is 11.8 Å². The number of imidazole rings is 1. The summed E-state index contributed by atoms with van der Waals surface area (Å²) in [7, 11) is 5.09. The number of carbonyl (C=O) groups is 2. The smallest absolute Gasteiger partial charge is 0.227 e. The largest absolute Gasteiger partial charge is 0.497 e. The summed E-state index contributed by atoms with van der Waals surface area (Å²) in [6, 6.07) is 5.10. The van der Waals surface area contributed by atoms with Gasteiger partial charge in [-0.1, -0.05) is 20.8 Å². The first-order chi connectivity index (χ1) is 15.1. The average Bonchev–Trinajstić information content (AvgIpc) is 3.21. The number of hydrogen-bond acceptors (Lipinski definition) is 5. The number of carbonyl (C=O) groups excluding carboxylic acids is 2. The van der Waals surface area contributed by atoms with Gasteiger partial charge in [0.1, 0.15) is 23.4 Å². The molecule has 1 N–H and O–H groups in total. The molecule has 0 bridgehead atoms. The topological polar surface area (TPSA) is 85.7 Å². The summed E-state index contributed by atoms with van der Waals surface area (Å²) in [5, 5.41) is 3.19. The van der Waals surface area contributed by atoms with Crippen molar-refractivity contribution in [3.8, 4) is 11.5 Å². The molecule has 32 heavy (non-hydrogen) atoms. The second-order valence-corrected chi connectivity index (χ2v) is 9.30. The van der Waals surface area contributed by atoms with Crippen LogP contribution < -0.4 is 14.8 Å². The SMILES string of the molecule is COc1cc(OC)cc(C(NC(=O)C2CCN(C(=O)C(C)(C)C)CC2)c2nccn2C)c1. The molecular weight excluding hydrogens is 408 g/mol. The van der Waals surface area contributed by atoms with Crippen molar-refractivity contribution in [1.29, 1.82) is 0 Å². The Morgan fingerprint density at radius 3 is 2.16 bits per heavy atom. The number of piperidine rings is 1. The van der Waals surface area contributed by atoms with Crippen LogP contribution in [0.1, 0.15) is 51.0 Å². The fourth-order valence-corrected chi connectivity index (χ4v) is 4.03. The molecule has 3 rings (SSSR count). The third-order valence-electron chi connectivity index (χ3n) is 5.90. The average molecular weight is 443 g/mol. The maximum Gasteiger partial charge on any atom is 0.227 e. The molecule has 8 heteroatoms. The van der Waals surface area contributed by atoms with Crippen LogP contribution in [0.4, 0.5) is 0 Å². The molecule has 1 aromatic heterocycles. The standard InChI is InChI=1S/C24H34N4O4/c1-24(2,3)23(30)28-10-7-16(8-11-28)22(29)26-20(21-25-9-12-27(21)4)17-13-18(31-5)15-19(14-17)32-6/h9,12-16,20H,7-8,10-11H2,1-6H3,(H,26,29). The van der Waals surface area contributed by atoms with Crippen molar-refractivity contribution in [2.24, 2.45) is 18.4 Å². The van der Waals surface area contributed by atoms with E-state index in [-0.39, 0.29) is 17.7 Å². The molecule has 2 heterocycles. The summed E-state index contributed by atoms with van der Waals surface area (Å²) >= 11 is 0. The van der Waals surface area contributed by atoms with Gasteiger partial charge in [-0.3, -0.25) is 9.59 Å². The van der Waals surface area contributed by atoms with E-state index in [2.05, 4.69) is 10.3 Å². The number of hydrogen-bond donors (Lipinski definition) is 1. The Labute approximate surface area is 189 Å². The van der Waals surface area contributed by atoms with Gasteiger partial charge in [-0.05, 0) is 30.5 Å². The Bertz CT molecular complexity index is 933. The molecule has 0 aliphatic carbocycles. The number of benzene rings is 1. The minimum atomic E-state index is -0.458. The van der Waals surface area contributed by atoms with E-state index in [1.165, 1.54) is 0 Å². The number of nitrogens with zero attached hydrogens (tertiary/aromatic N) is 3. The van der Waals surface area contributed by atoms with Crippen molar-refractivity contribution < 1.29 is 19.1 Å². The third-order valence-corrected chi connectivity index (χ3v) is 5.90. The van der Waals surface area contributed by atoms with Crippen LogP contribution in [-0.4, -0.2) is 53.6 Å². The fraction of sp³-hybridized carbons (Fsp3) is 0.542. The number of likely N-dealkylation sites (tertiary alicyclic amines) is 1. The highest BCUT2D eigenvalue weighted by molar-refractivity contribution is 5.83. The van der Waals surface area contributed by atoms with Gasteiger partial charge in [0, 0.05) is 49.9 Å². The molecule has 2 aromatic rings. The molecule has 1 fully saturated rings. The Hall–Kier alpha value is -3.03. The second-order valence-electron chi connectivity index (χ2n) is 9.30. The molecule has 0 radical (unpaired) electrons. The summed E-state index contributed by atoms with van der Waals surface area (Å²) in [6.45, 7) is 6.96. The van der Waals surface area contributed by atoms with Crippen molar-refractivity contribution >= 4 is 11.8 Å². The van der Waals surface area contributed by atoms with Crippen LogP contribution >= 0.6 is 0 Å². The van der Waals surface area contributed by atoms with E-state index >= 15 is 0 Å². The van der Waals surface area contributed by atoms with E-state index in [1.54, 1.807) is 26.5 Å². The Balaban J connectivity index is 1.79. The second kappa shape index (κ2) is 9.63. The molecule has 1 aliphatic heterocycles. The summed E-state index contributed by atoms with van der Waals surface area (Å²) in [4.78, 5) is 32.2. The van der Waals surface area contributed by atoms with Crippen LogP contribution in [0.25, 0.3) is 0 Å². The van der Waals surface area contributed by atoms with Crippen molar-refractivity contribution in [3.63, 3.8) is 0 Å². The van der Waals surface area contributed by atoms with E-state index in [4.69, 9.17) is 9.47 Å². The Morgan fingerprint density at radius 1 is 1.09 bits per heavy atom. The molecule has 2 amide bonds. The zero-order valence-electron chi connectivity index (χ0n) is 19.8. The van der Waals surface area contributed by atoms with Crippen LogP contribution in [0.15, 0.2) is 30.6 Å². The van der Waals surface area contributed by atoms with Crippen LogP contribution in [0.5, 0.6) is 11.5 Å². The molecule has 1 aliphatic rings. The molecule has 1 atom stereocenters. The maximum atomic E-state index is 13.3. The first kappa shape index (κ1) is 23.6. The van der Waals surface area contributed by atoms with Crippen LogP contribution in [0.3, 0.4) is 0 Å². The van der Waals surface area contributed by atoms with E-state index in [0.717, 1.165) is 5.56 Å². The molecule has 8 nitrogen and oxygen atoms in total. The van der Waals surface area contributed by atoms with Gasteiger partial charge in [-0.15, -0.1) is 0 Å². The highest BCUT2D eigenvalue weighted by Gasteiger charge is 2.33. The minimum Gasteiger partial charge on any atom is -0.497 e. The molecule has 174 valence electrons. The molecular formula is C24H34N4O4. The lowest BCUT2D eigenvalue weighted by atomic mass is 9.90. The van der Waals surface area contributed by atoms with Crippen molar-refractivity contribution in [2.45, 2.75) is 39.7 Å². The number of methoxy groups -OCH3 is 2. The van der Waals surface area contributed by atoms with Crippen molar-refractivity contribution in [2.75, 3.05) is 27.3 Å². The normalized spacial score (nSPS) is 15.9. The van der Waals surface area contributed by atoms with Crippen LogP contribution in [0.2, 0.25) is 0 Å². The highest BCUT2D eigenvalue weighted by Crippen LogP contribution is 2.30. The van der Waals surface area contributed by atoms with Crippen LogP contribution in [-0.2, 0) is 16.6 Å². The molecule has 1 aromatic carbocycles. The molecule has 1 unspecified atom stereocenters. The van der Waals surface area contributed by atoms with Gasteiger partial charge in [-0.25, -0.2) is 4.98 Å². The van der Waals surface area contributed by atoms with Crippen LogP contribution in [0, 0.1) is 11.3 Å². The number of amides is 2. The summed E-state index contributed by atoms with van der Waals surface area (Å²) in [6.07, 6.45) is 4.84. The lowest BCUT2D eigenvalue weighted by Crippen LogP contribution is -2.47. The van der Waals surface area contributed by atoms with E-state index in [0.29, 0.717) is 43.3 Å². The lowest BCUT2D eigenvalue weighted by Gasteiger charge is -2.35. The monoisotopic (exact) mass is 442 g/mol. The van der Waals surface area contributed by atoms with Gasteiger partial charge >= 0.3 is 0 Å². The predicted molar refractivity (Wildman–Crippen MR) is 121 cm³/mol. The number of nitrogens with one attached hydrogen (secondary N) is 1. The first-order valence-electron chi connectivity index (χ1n) is 10.9. The maximum absolute atomic E-state index is 13.3. The van der Waals surface area contributed by atoms with Gasteiger partial charge < -0.3 is 24.3 Å². The zero-order chi connectivity index (χ0) is 23.5.